The summed E-state index contributed by atoms with van der Waals surface area (Å²) in [6.07, 6.45) is 2.89. The van der Waals surface area contributed by atoms with E-state index in [1.807, 2.05) is 6.92 Å². The summed E-state index contributed by atoms with van der Waals surface area (Å²) >= 11 is 0. The molecule has 0 fully saturated rings. The summed E-state index contributed by atoms with van der Waals surface area (Å²) in [4.78, 5) is 0. The Hall–Kier alpha value is -1.09. The summed E-state index contributed by atoms with van der Waals surface area (Å²) in [7, 11) is 0. The summed E-state index contributed by atoms with van der Waals surface area (Å²) in [5.74, 6) is -0.196. The van der Waals surface area contributed by atoms with Crippen LogP contribution in [-0.4, -0.2) is 18.3 Å². The van der Waals surface area contributed by atoms with Gasteiger partial charge in [-0.2, -0.15) is 0 Å². The topological polar surface area (TPSA) is 32.3 Å². The van der Waals surface area contributed by atoms with E-state index in [-0.39, 0.29) is 12.4 Å². The van der Waals surface area contributed by atoms with E-state index in [4.69, 9.17) is 5.11 Å². The number of aliphatic hydroxyl groups excluding tert-OH is 1. The van der Waals surface area contributed by atoms with Crippen LogP contribution in [0.1, 0.15) is 24.8 Å². The summed E-state index contributed by atoms with van der Waals surface area (Å²) in [6, 6.07) is 4.75. The van der Waals surface area contributed by atoms with Crippen molar-refractivity contribution >= 4 is 5.69 Å². The van der Waals surface area contributed by atoms with Crippen LogP contribution in [0, 0.1) is 12.7 Å². The second-order valence-electron chi connectivity index (χ2n) is 3.67. The second kappa shape index (κ2) is 6.40. The van der Waals surface area contributed by atoms with Gasteiger partial charge in [-0.1, -0.05) is 0 Å². The first-order valence-corrected chi connectivity index (χ1v) is 5.35. The first-order valence-electron chi connectivity index (χ1n) is 5.35. The van der Waals surface area contributed by atoms with Crippen LogP contribution in [0.5, 0.6) is 0 Å². The highest BCUT2D eigenvalue weighted by Gasteiger charge is 1.98. The Morgan fingerprint density at radius 3 is 2.73 bits per heavy atom. The SMILES string of the molecule is Cc1cc(F)ccc1NCCCCCO. The minimum Gasteiger partial charge on any atom is -0.396 e. The average molecular weight is 211 g/mol. The van der Waals surface area contributed by atoms with E-state index < -0.39 is 0 Å². The van der Waals surface area contributed by atoms with Gasteiger partial charge >= 0.3 is 0 Å². The molecule has 0 aliphatic carbocycles. The molecule has 0 amide bonds. The third kappa shape index (κ3) is 4.30. The van der Waals surface area contributed by atoms with E-state index in [2.05, 4.69) is 5.32 Å². The third-order valence-electron chi connectivity index (χ3n) is 2.34. The van der Waals surface area contributed by atoms with Crippen molar-refractivity contribution in [2.75, 3.05) is 18.5 Å². The Morgan fingerprint density at radius 2 is 2.07 bits per heavy atom. The molecule has 2 N–H and O–H groups in total. The Bertz CT molecular complexity index is 302. The summed E-state index contributed by atoms with van der Waals surface area (Å²) in [5.41, 5.74) is 1.91. The maximum atomic E-state index is 12.8. The molecule has 0 saturated heterocycles. The van der Waals surface area contributed by atoms with Crippen molar-refractivity contribution in [3.05, 3.63) is 29.6 Å². The van der Waals surface area contributed by atoms with Gasteiger partial charge in [-0.05, 0) is 49.9 Å². The lowest BCUT2D eigenvalue weighted by Gasteiger charge is -2.08. The lowest BCUT2D eigenvalue weighted by molar-refractivity contribution is 0.283. The number of rotatable bonds is 6. The summed E-state index contributed by atoms with van der Waals surface area (Å²) < 4.78 is 12.8. The molecule has 0 bridgehead atoms. The molecule has 1 aromatic rings. The van der Waals surface area contributed by atoms with E-state index in [1.165, 1.54) is 12.1 Å². The number of unbranched alkanes of at least 4 members (excludes halogenated alkanes) is 2. The molecule has 15 heavy (non-hydrogen) atoms. The maximum Gasteiger partial charge on any atom is 0.123 e. The fourth-order valence-corrected chi connectivity index (χ4v) is 1.46. The first-order chi connectivity index (χ1) is 7.24. The van der Waals surface area contributed by atoms with Crippen molar-refractivity contribution in [2.24, 2.45) is 0 Å². The number of halogens is 1. The molecule has 0 spiro atoms. The van der Waals surface area contributed by atoms with E-state index in [0.717, 1.165) is 37.1 Å². The van der Waals surface area contributed by atoms with Gasteiger partial charge in [0.25, 0.3) is 0 Å². The van der Waals surface area contributed by atoms with E-state index in [1.54, 1.807) is 6.07 Å². The molecule has 3 heteroatoms. The molecule has 1 rings (SSSR count). The van der Waals surface area contributed by atoms with Gasteiger partial charge in [0.15, 0.2) is 0 Å². The number of hydrogen-bond acceptors (Lipinski definition) is 2. The van der Waals surface area contributed by atoms with Crippen molar-refractivity contribution in [1.29, 1.82) is 0 Å². The number of benzene rings is 1. The summed E-state index contributed by atoms with van der Waals surface area (Å²) in [6.45, 7) is 3.02. The van der Waals surface area contributed by atoms with E-state index in [9.17, 15) is 4.39 Å². The largest absolute Gasteiger partial charge is 0.396 e. The zero-order valence-electron chi connectivity index (χ0n) is 9.09. The molecule has 0 aliphatic heterocycles. The maximum absolute atomic E-state index is 12.8. The molecule has 0 radical (unpaired) electrons. The quantitative estimate of drug-likeness (QED) is 0.709. The van der Waals surface area contributed by atoms with Crippen molar-refractivity contribution in [3.8, 4) is 0 Å². The zero-order valence-corrected chi connectivity index (χ0v) is 9.09. The highest BCUT2D eigenvalue weighted by atomic mass is 19.1. The molecule has 0 atom stereocenters. The van der Waals surface area contributed by atoms with Gasteiger partial charge in [0.05, 0.1) is 0 Å². The normalized spacial score (nSPS) is 10.3. The Labute approximate surface area is 90.1 Å². The van der Waals surface area contributed by atoms with Crippen LogP contribution < -0.4 is 5.32 Å². The monoisotopic (exact) mass is 211 g/mol. The Morgan fingerprint density at radius 1 is 1.27 bits per heavy atom. The molecule has 0 unspecified atom stereocenters. The second-order valence-corrected chi connectivity index (χ2v) is 3.67. The van der Waals surface area contributed by atoms with Gasteiger partial charge in [0.2, 0.25) is 0 Å². The number of anilines is 1. The van der Waals surface area contributed by atoms with Crippen molar-refractivity contribution in [2.45, 2.75) is 26.2 Å². The van der Waals surface area contributed by atoms with Gasteiger partial charge < -0.3 is 10.4 Å². The lowest BCUT2D eigenvalue weighted by Crippen LogP contribution is -2.03. The van der Waals surface area contributed by atoms with Crippen LogP contribution in [0.15, 0.2) is 18.2 Å². The zero-order chi connectivity index (χ0) is 11.1. The van der Waals surface area contributed by atoms with Crippen LogP contribution >= 0.6 is 0 Å². The number of nitrogens with one attached hydrogen (secondary N) is 1. The molecule has 1 aromatic carbocycles. The summed E-state index contributed by atoms with van der Waals surface area (Å²) in [5, 5.41) is 11.8. The fourth-order valence-electron chi connectivity index (χ4n) is 1.46. The van der Waals surface area contributed by atoms with Gasteiger partial charge in [-0.15, -0.1) is 0 Å². The molecule has 0 aliphatic rings. The predicted octanol–water partition coefficient (Wildman–Crippen LogP) is 2.71. The minimum atomic E-state index is -0.196. The van der Waals surface area contributed by atoms with Crippen LogP contribution in [0.25, 0.3) is 0 Å². The standard InChI is InChI=1S/C12H18FNO/c1-10-9-11(13)5-6-12(10)14-7-3-2-4-8-15/h5-6,9,14-15H,2-4,7-8H2,1H3. The van der Waals surface area contributed by atoms with E-state index >= 15 is 0 Å². The average Bonchev–Trinajstić information content (AvgIpc) is 2.20. The molecule has 84 valence electrons. The molecule has 0 aromatic heterocycles. The number of aliphatic hydroxyl groups is 1. The minimum absolute atomic E-state index is 0.196. The highest BCUT2D eigenvalue weighted by molar-refractivity contribution is 5.50. The molecular weight excluding hydrogens is 193 g/mol. The van der Waals surface area contributed by atoms with Crippen molar-refractivity contribution < 1.29 is 9.50 Å². The van der Waals surface area contributed by atoms with Crippen LogP contribution in [0.3, 0.4) is 0 Å². The molecular formula is C12H18FNO. The Kier molecular flexibility index (Phi) is 5.12. The van der Waals surface area contributed by atoms with Crippen molar-refractivity contribution in [3.63, 3.8) is 0 Å². The molecule has 0 heterocycles. The van der Waals surface area contributed by atoms with Crippen LogP contribution in [0.4, 0.5) is 10.1 Å². The van der Waals surface area contributed by atoms with Crippen LogP contribution in [0.2, 0.25) is 0 Å². The Balaban J connectivity index is 2.31. The number of hydrogen-bond donors (Lipinski definition) is 2. The third-order valence-corrected chi connectivity index (χ3v) is 2.34. The smallest absolute Gasteiger partial charge is 0.123 e. The molecule has 0 saturated carbocycles. The lowest BCUT2D eigenvalue weighted by atomic mass is 10.2. The van der Waals surface area contributed by atoms with E-state index in [0.29, 0.717) is 0 Å². The van der Waals surface area contributed by atoms with Gasteiger partial charge in [-0.25, -0.2) is 4.39 Å². The number of aryl methyl sites for hydroxylation is 1. The van der Waals surface area contributed by atoms with Crippen LogP contribution in [-0.2, 0) is 0 Å². The fraction of sp³-hybridized carbons (Fsp3) is 0.500. The van der Waals surface area contributed by atoms with Crippen molar-refractivity contribution in [1.82, 2.24) is 0 Å². The van der Waals surface area contributed by atoms with Gasteiger partial charge in [-0.3, -0.25) is 0 Å². The van der Waals surface area contributed by atoms with Gasteiger partial charge in [0.1, 0.15) is 5.82 Å². The molecule has 2 nitrogen and oxygen atoms in total. The predicted molar refractivity (Wildman–Crippen MR) is 60.6 cm³/mol. The van der Waals surface area contributed by atoms with Gasteiger partial charge in [0, 0.05) is 18.8 Å². The first kappa shape index (κ1) is 12.0. The highest BCUT2D eigenvalue weighted by Crippen LogP contribution is 2.15.